The molecule has 0 amide bonds. The molecule has 0 bridgehead atoms. The smallest absolute Gasteiger partial charge is 0.229 e. The molecule has 0 aliphatic carbocycles. The second kappa shape index (κ2) is 7.46. The fourth-order valence-corrected chi connectivity index (χ4v) is 2.56. The van der Waals surface area contributed by atoms with E-state index < -0.39 is 0 Å². The van der Waals surface area contributed by atoms with Gasteiger partial charge in [-0.1, -0.05) is 26.0 Å². The minimum absolute atomic E-state index is 0.263. The van der Waals surface area contributed by atoms with Crippen molar-refractivity contribution < 1.29 is 0 Å². The second-order valence-corrected chi connectivity index (χ2v) is 6.57. The van der Waals surface area contributed by atoms with Crippen molar-refractivity contribution in [2.24, 2.45) is 0 Å². The molecule has 2 aromatic heterocycles. The van der Waals surface area contributed by atoms with Crippen molar-refractivity contribution in [1.82, 2.24) is 24.5 Å². The molecule has 0 aliphatic heterocycles. The monoisotopic (exact) mass is 339 g/mol. The summed E-state index contributed by atoms with van der Waals surface area (Å²) in [5.41, 5.74) is 2.20. The van der Waals surface area contributed by atoms with Crippen molar-refractivity contribution >= 4 is 22.9 Å². The third-order valence-electron chi connectivity index (χ3n) is 3.94. The SMILES string of the molecule is CC(C)c1nc(NCCCn2cnc3ccccc32)nc(N(C)C)n1. The van der Waals surface area contributed by atoms with Crippen molar-refractivity contribution in [2.45, 2.75) is 32.7 Å². The fourth-order valence-electron chi connectivity index (χ4n) is 2.56. The Hall–Kier alpha value is -2.70. The van der Waals surface area contributed by atoms with Crippen molar-refractivity contribution in [2.75, 3.05) is 30.9 Å². The molecule has 25 heavy (non-hydrogen) atoms. The van der Waals surface area contributed by atoms with Gasteiger partial charge >= 0.3 is 0 Å². The first kappa shape index (κ1) is 17.1. The quantitative estimate of drug-likeness (QED) is 0.667. The normalized spacial score (nSPS) is 11.2. The van der Waals surface area contributed by atoms with Gasteiger partial charge in [-0.05, 0) is 18.6 Å². The molecule has 3 aromatic rings. The van der Waals surface area contributed by atoms with E-state index in [9.17, 15) is 0 Å². The predicted octanol–water partition coefficient (Wildman–Crippen LogP) is 2.91. The van der Waals surface area contributed by atoms with E-state index in [1.165, 1.54) is 5.52 Å². The summed E-state index contributed by atoms with van der Waals surface area (Å²) in [6, 6.07) is 8.18. The van der Waals surface area contributed by atoms with Crippen LogP contribution in [0.4, 0.5) is 11.9 Å². The van der Waals surface area contributed by atoms with Crippen LogP contribution in [0.25, 0.3) is 11.0 Å². The molecule has 0 fully saturated rings. The second-order valence-electron chi connectivity index (χ2n) is 6.57. The molecule has 0 radical (unpaired) electrons. The number of nitrogens with one attached hydrogen (secondary N) is 1. The van der Waals surface area contributed by atoms with E-state index in [1.807, 2.05) is 43.5 Å². The zero-order valence-electron chi connectivity index (χ0n) is 15.3. The lowest BCUT2D eigenvalue weighted by molar-refractivity contribution is 0.673. The third-order valence-corrected chi connectivity index (χ3v) is 3.94. The highest BCUT2D eigenvalue weighted by Crippen LogP contribution is 2.15. The van der Waals surface area contributed by atoms with Gasteiger partial charge in [-0.3, -0.25) is 0 Å². The first-order valence-corrected chi connectivity index (χ1v) is 8.61. The average Bonchev–Trinajstić information content (AvgIpc) is 3.01. The maximum atomic E-state index is 4.52. The van der Waals surface area contributed by atoms with E-state index in [0.717, 1.165) is 30.9 Å². The van der Waals surface area contributed by atoms with Gasteiger partial charge in [0.25, 0.3) is 0 Å². The van der Waals surface area contributed by atoms with E-state index in [4.69, 9.17) is 0 Å². The van der Waals surface area contributed by atoms with Gasteiger partial charge in [-0.25, -0.2) is 4.98 Å². The summed E-state index contributed by atoms with van der Waals surface area (Å²) in [5, 5.41) is 3.32. The van der Waals surface area contributed by atoms with Gasteiger partial charge in [0.15, 0.2) is 0 Å². The van der Waals surface area contributed by atoms with Gasteiger partial charge in [0.1, 0.15) is 5.82 Å². The number of imidazole rings is 1. The van der Waals surface area contributed by atoms with Gasteiger partial charge in [0, 0.05) is 33.1 Å². The number of rotatable bonds is 7. The van der Waals surface area contributed by atoms with Crippen molar-refractivity contribution in [3.63, 3.8) is 0 Å². The summed E-state index contributed by atoms with van der Waals surface area (Å²) >= 11 is 0. The Kier molecular flexibility index (Phi) is 5.11. The highest BCUT2D eigenvalue weighted by Gasteiger charge is 2.10. The summed E-state index contributed by atoms with van der Waals surface area (Å²) < 4.78 is 2.18. The number of anilines is 2. The largest absolute Gasteiger partial charge is 0.354 e. The lowest BCUT2D eigenvalue weighted by Gasteiger charge is -2.14. The molecule has 0 saturated heterocycles. The van der Waals surface area contributed by atoms with Gasteiger partial charge in [0.05, 0.1) is 17.4 Å². The van der Waals surface area contributed by atoms with E-state index >= 15 is 0 Å². The first-order valence-electron chi connectivity index (χ1n) is 8.61. The molecule has 132 valence electrons. The van der Waals surface area contributed by atoms with Crippen LogP contribution in [0.3, 0.4) is 0 Å². The number of para-hydroxylation sites is 2. The highest BCUT2D eigenvalue weighted by molar-refractivity contribution is 5.74. The molecule has 0 aliphatic rings. The van der Waals surface area contributed by atoms with Gasteiger partial charge in [-0.2, -0.15) is 15.0 Å². The Morgan fingerprint density at radius 3 is 2.68 bits per heavy atom. The number of hydrogen-bond donors (Lipinski definition) is 1. The van der Waals surface area contributed by atoms with Crippen molar-refractivity contribution in [3.8, 4) is 0 Å². The molecule has 7 nitrogen and oxygen atoms in total. The maximum absolute atomic E-state index is 4.52. The number of nitrogens with zero attached hydrogens (tertiary/aromatic N) is 6. The molecule has 7 heteroatoms. The standard InChI is InChI=1S/C18H25N7/c1-13(2)16-21-17(23-18(22-16)24(3)4)19-10-7-11-25-12-20-14-8-5-6-9-15(14)25/h5-6,8-9,12-13H,7,10-11H2,1-4H3,(H,19,21,22,23). The molecule has 1 aromatic carbocycles. The van der Waals surface area contributed by atoms with E-state index in [-0.39, 0.29) is 5.92 Å². The number of aromatic nitrogens is 5. The molecule has 1 N–H and O–H groups in total. The van der Waals surface area contributed by atoms with Crippen LogP contribution in [-0.2, 0) is 6.54 Å². The highest BCUT2D eigenvalue weighted by atomic mass is 15.3. The molecular formula is C18H25N7. The first-order chi connectivity index (χ1) is 12.0. The number of benzene rings is 1. The molecule has 0 unspecified atom stereocenters. The Morgan fingerprint density at radius 2 is 1.92 bits per heavy atom. The Morgan fingerprint density at radius 1 is 1.12 bits per heavy atom. The molecule has 2 heterocycles. The van der Waals surface area contributed by atoms with Crippen LogP contribution in [0.15, 0.2) is 30.6 Å². The average molecular weight is 339 g/mol. The zero-order chi connectivity index (χ0) is 17.8. The maximum Gasteiger partial charge on any atom is 0.229 e. The van der Waals surface area contributed by atoms with Crippen LogP contribution in [-0.4, -0.2) is 45.1 Å². The van der Waals surface area contributed by atoms with Gasteiger partial charge < -0.3 is 14.8 Å². The van der Waals surface area contributed by atoms with Crippen molar-refractivity contribution in [1.29, 1.82) is 0 Å². The van der Waals surface area contributed by atoms with Crippen LogP contribution in [0.1, 0.15) is 32.0 Å². The molecule has 0 atom stereocenters. The zero-order valence-corrected chi connectivity index (χ0v) is 15.3. The summed E-state index contributed by atoms with van der Waals surface area (Å²) in [7, 11) is 3.88. The van der Waals surface area contributed by atoms with E-state index in [1.54, 1.807) is 0 Å². The Labute approximate surface area is 148 Å². The Bertz CT molecular complexity index is 812. The van der Waals surface area contributed by atoms with E-state index in [0.29, 0.717) is 11.9 Å². The lowest BCUT2D eigenvalue weighted by Crippen LogP contribution is -2.18. The minimum atomic E-state index is 0.263. The van der Waals surface area contributed by atoms with Gasteiger partial charge in [-0.15, -0.1) is 0 Å². The summed E-state index contributed by atoms with van der Waals surface area (Å²) in [6.45, 7) is 5.86. The summed E-state index contributed by atoms with van der Waals surface area (Å²) in [5.74, 6) is 2.39. The van der Waals surface area contributed by atoms with Crippen LogP contribution in [0.2, 0.25) is 0 Å². The van der Waals surface area contributed by atoms with Crippen LogP contribution < -0.4 is 10.2 Å². The number of hydrogen-bond acceptors (Lipinski definition) is 6. The van der Waals surface area contributed by atoms with Crippen molar-refractivity contribution in [3.05, 3.63) is 36.4 Å². The number of aryl methyl sites for hydroxylation is 1. The third kappa shape index (κ3) is 4.04. The number of fused-ring (bicyclic) bond motifs is 1. The van der Waals surface area contributed by atoms with Crippen LogP contribution >= 0.6 is 0 Å². The molecule has 0 spiro atoms. The lowest BCUT2D eigenvalue weighted by atomic mass is 10.2. The molecule has 3 rings (SSSR count). The van der Waals surface area contributed by atoms with E-state index in [2.05, 4.69) is 49.7 Å². The minimum Gasteiger partial charge on any atom is -0.354 e. The topological polar surface area (TPSA) is 71.8 Å². The Balaban J connectivity index is 1.62. The van der Waals surface area contributed by atoms with Crippen LogP contribution in [0, 0.1) is 0 Å². The molecule has 0 saturated carbocycles. The van der Waals surface area contributed by atoms with Crippen LogP contribution in [0.5, 0.6) is 0 Å². The summed E-state index contributed by atoms with van der Waals surface area (Å²) in [6.07, 6.45) is 2.86. The molecular weight excluding hydrogens is 314 g/mol. The van der Waals surface area contributed by atoms with Gasteiger partial charge in [0.2, 0.25) is 11.9 Å². The fraction of sp³-hybridized carbons (Fsp3) is 0.444. The predicted molar refractivity (Wildman–Crippen MR) is 101 cm³/mol. The summed E-state index contributed by atoms with van der Waals surface area (Å²) in [4.78, 5) is 19.8.